The van der Waals surface area contributed by atoms with Crippen LogP contribution in [0.1, 0.15) is 58.4 Å². The number of likely N-dealkylation sites (tertiary alicyclic amines) is 1. The Kier molecular flexibility index (Phi) is 6.58. The lowest BCUT2D eigenvalue weighted by Crippen LogP contribution is -2.41. The second-order valence-corrected chi connectivity index (χ2v) is 9.58. The average Bonchev–Trinajstić information content (AvgIpc) is 3.42. The Morgan fingerprint density at radius 1 is 0.914 bits per heavy atom. The number of fused-ring (bicyclic) bond motifs is 1. The molecule has 0 aliphatic carbocycles. The van der Waals surface area contributed by atoms with Gasteiger partial charge in [-0.1, -0.05) is 54.1 Å². The highest BCUT2D eigenvalue weighted by molar-refractivity contribution is 5.95. The first-order valence-corrected chi connectivity index (χ1v) is 12.5. The molecule has 5 rings (SSSR count). The fourth-order valence-corrected chi connectivity index (χ4v) is 5.28. The molecule has 0 radical (unpaired) electrons. The van der Waals surface area contributed by atoms with Gasteiger partial charge in [0.1, 0.15) is 5.75 Å². The summed E-state index contributed by atoms with van der Waals surface area (Å²) in [4.78, 5) is 30.3. The van der Waals surface area contributed by atoms with Crippen LogP contribution < -0.4 is 4.74 Å². The zero-order valence-electron chi connectivity index (χ0n) is 20.4. The van der Waals surface area contributed by atoms with E-state index in [0.717, 1.165) is 49.0 Å². The number of carbonyl (C=O) groups is 2. The third-order valence-electron chi connectivity index (χ3n) is 7.06. The number of aryl methyl sites for hydroxylation is 1. The fraction of sp³-hybridized carbons (Fsp3) is 0.333. The summed E-state index contributed by atoms with van der Waals surface area (Å²) in [5.41, 5.74) is 5.18. The summed E-state index contributed by atoms with van der Waals surface area (Å²) in [6, 6.07) is 23.7. The highest BCUT2D eigenvalue weighted by atomic mass is 16.5. The van der Waals surface area contributed by atoms with Crippen molar-refractivity contribution in [3.8, 4) is 5.75 Å². The van der Waals surface area contributed by atoms with E-state index in [0.29, 0.717) is 17.9 Å². The smallest absolute Gasteiger partial charge is 0.263 e. The van der Waals surface area contributed by atoms with E-state index in [-0.39, 0.29) is 17.9 Å². The first-order valence-electron chi connectivity index (χ1n) is 12.5. The lowest BCUT2D eigenvalue weighted by atomic mass is 9.87. The van der Waals surface area contributed by atoms with Gasteiger partial charge in [-0.2, -0.15) is 0 Å². The Hall–Kier alpha value is -3.60. The molecule has 180 valence electrons. The SMILES string of the molecule is Cc1cccc([C@@H]2c3cc(O[C@H](C)C(=O)N4CCCC4)ccc3CCN2C(=O)c2ccccc2)c1. The molecule has 2 atom stereocenters. The molecule has 0 aromatic heterocycles. The largest absolute Gasteiger partial charge is 0.481 e. The van der Waals surface area contributed by atoms with E-state index < -0.39 is 6.10 Å². The van der Waals surface area contributed by atoms with Gasteiger partial charge in [-0.3, -0.25) is 9.59 Å². The highest BCUT2D eigenvalue weighted by Crippen LogP contribution is 2.38. The Balaban J connectivity index is 1.49. The van der Waals surface area contributed by atoms with E-state index in [1.807, 2.05) is 65.3 Å². The standard InChI is InChI=1S/C30H32N2O3/c1-21-9-8-12-25(19-21)28-27-20-26(35-22(2)29(33)31-16-6-7-17-31)14-13-23(27)15-18-32(28)30(34)24-10-4-3-5-11-24/h3-5,8-14,19-20,22,28H,6-7,15-18H2,1-2H3/t22-,28-/m1/s1. The van der Waals surface area contributed by atoms with Crippen LogP contribution in [-0.4, -0.2) is 47.4 Å². The van der Waals surface area contributed by atoms with Crippen molar-refractivity contribution in [1.29, 1.82) is 0 Å². The summed E-state index contributed by atoms with van der Waals surface area (Å²) in [5.74, 6) is 0.721. The second kappa shape index (κ2) is 9.95. The maximum absolute atomic E-state index is 13.6. The summed E-state index contributed by atoms with van der Waals surface area (Å²) in [5, 5.41) is 0. The number of hydrogen-bond acceptors (Lipinski definition) is 3. The molecule has 3 aromatic rings. The van der Waals surface area contributed by atoms with E-state index in [2.05, 4.69) is 31.2 Å². The van der Waals surface area contributed by atoms with Gasteiger partial charge in [0.2, 0.25) is 0 Å². The van der Waals surface area contributed by atoms with Crippen molar-refractivity contribution in [2.24, 2.45) is 0 Å². The van der Waals surface area contributed by atoms with Crippen LogP contribution in [0, 0.1) is 6.92 Å². The van der Waals surface area contributed by atoms with Crippen molar-refractivity contribution in [2.75, 3.05) is 19.6 Å². The topological polar surface area (TPSA) is 49.9 Å². The summed E-state index contributed by atoms with van der Waals surface area (Å²) >= 11 is 0. The van der Waals surface area contributed by atoms with Crippen LogP contribution in [0.3, 0.4) is 0 Å². The van der Waals surface area contributed by atoms with E-state index in [1.54, 1.807) is 0 Å². The third kappa shape index (κ3) is 4.81. The zero-order chi connectivity index (χ0) is 24.4. The number of benzene rings is 3. The minimum Gasteiger partial charge on any atom is -0.481 e. The van der Waals surface area contributed by atoms with E-state index >= 15 is 0 Å². The van der Waals surface area contributed by atoms with Crippen molar-refractivity contribution < 1.29 is 14.3 Å². The Morgan fingerprint density at radius 3 is 2.43 bits per heavy atom. The zero-order valence-corrected chi connectivity index (χ0v) is 20.4. The first-order chi connectivity index (χ1) is 17.0. The molecule has 0 bridgehead atoms. The predicted molar refractivity (Wildman–Crippen MR) is 137 cm³/mol. The second-order valence-electron chi connectivity index (χ2n) is 9.58. The van der Waals surface area contributed by atoms with Gasteiger partial charge < -0.3 is 14.5 Å². The van der Waals surface area contributed by atoms with Crippen molar-refractivity contribution in [2.45, 2.75) is 45.3 Å². The van der Waals surface area contributed by atoms with Crippen LogP contribution in [-0.2, 0) is 11.2 Å². The number of ether oxygens (including phenoxy) is 1. The molecule has 3 aromatic carbocycles. The van der Waals surface area contributed by atoms with Crippen molar-refractivity contribution in [3.05, 3.63) is 101 Å². The molecule has 2 aliphatic heterocycles. The molecule has 35 heavy (non-hydrogen) atoms. The van der Waals surface area contributed by atoms with Crippen molar-refractivity contribution in [1.82, 2.24) is 9.80 Å². The first kappa shape index (κ1) is 23.2. The number of amides is 2. The minimum absolute atomic E-state index is 0.0201. The van der Waals surface area contributed by atoms with Crippen molar-refractivity contribution >= 4 is 11.8 Å². The van der Waals surface area contributed by atoms with Crippen LogP contribution in [0.25, 0.3) is 0 Å². The quantitative estimate of drug-likeness (QED) is 0.519. The normalized spacial score (nSPS) is 18.2. The molecule has 0 N–H and O–H groups in total. The van der Waals surface area contributed by atoms with Crippen LogP contribution >= 0.6 is 0 Å². The van der Waals surface area contributed by atoms with Gasteiger partial charge in [0.25, 0.3) is 11.8 Å². The van der Waals surface area contributed by atoms with Gasteiger partial charge in [0.15, 0.2) is 6.10 Å². The molecule has 2 heterocycles. The van der Waals surface area contributed by atoms with Gasteiger partial charge in [0.05, 0.1) is 6.04 Å². The van der Waals surface area contributed by atoms with Crippen molar-refractivity contribution in [3.63, 3.8) is 0 Å². The Morgan fingerprint density at radius 2 is 1.69 bits per heavy atom. The molecule has 2 aliphatic rings. The lowest BCUT2D eigenvalue weighted by Gasteiger charge is -2.38. The summed E-state index contributed by atoms with van der Waals surface area (Å²) < 4.78 is 6.15. The van der Waals surface area contributed by atoms with E-state index in [9.17, 15) is 9.59 Å². The van der Waals surface area contributed by atoms with Gasteiger partial charge in [-0.05, 0) is 74.1 Å². The van der Waals surface area contributed by atoms with Gasteiger partial charge >= 0.3 is 0 Å². The minimum atomic E-state index is -0.547. The van der Waals surface area contributed by atoms with E-state index in [1.165, 1.54) is 5.56 Å². The lowest BCUT2D eigenvalue weighted by molar-refractivity contribution is -0.136. The number of nitrogens with zero attached hydrogens (tertiary/aromatic N) is 2. The van der Waals surface area contributed by atoms with Crippen LogP contribution in [0.2, 0.25) is 0 Å². The number of hydrogen-bond donors (Lipinski definition) is 0. The maximum atomic E-state index is 13.6. The number of rotatable bonds is 5. The summed E-state index contributed by atoms with van der Waals surface area (Å²) in [6.07, 6.45) is 2.34. The molecule has 5 nitrogen and oxygen atoms in total. The molecule has 0 saturated carbocycles. The molecule has 1 saturated heterocycles. The molecule has 2 amide bonds. The monoisotopic (exact) mass is 468 g/mol. The maximum Gasteiger partial charge on any atom is 0.263 e. The Labute approximate surface area is 207 Å². The molecule has 0 spiro atoms. The number of carbonyl (C=O) groups excluding carboxylic acids is 2. The van der Waals surface area contributed by atoms with Crippen LogP contribution in [0.5, 0.6) is 5.75 Å². The molecular weight excluding hydrogens is 436 g/mol. The Bertz CT molecular complexity index is 1220. The average molecular weight is 469 g/mol. The summed E-state index contributed by atoms with van der Waals surface area (Å²) in [6.45, 7) is 6.15. The molecule has 5 heteroatoms. The van der Waals surface area contributed by atoms with Gasteiger partial charge in [0, 0.05) is 25.2 Å². The van der Waals surface area contributed by atoms with Gasteiger partial charge in [-0.25, -0.2) is 0 Å². The molecule has 0 unspecified atom stereocenters. The molecular formula is C30H32N2O3. The summed E-state index contributed by atoms with van der Waals surface area (Å²) in [7, 11) is 0. The predicted octanol–water partition coefficient (Wildman–Crippen LogP) is 5.17. The third-order valence-corrected chi connectivity index (χ3v) is 7.06. The van der Waals surface area contributed by atoms with Crippen LogP contribution in [0.15, 0.2) is 72.8 Å². The highest BCUT2D eigenvalue weighted by Gasteiger charge is 2.33. The fourth-order valence-electron chi connectivity index (χ4n) is 5.28. The van der Waals surface area contributed by atoms with E-state index in [4.69, 9.17) is 4.74 Å². The molecule has 1 fully saturated rings. The van der Waals surface area contributed by atoms with Gasteiger partial charge in [-0.15, -0.1) is 0 Å². The van der Waals surface area contributed by atoms with Crippen LogP contribution in [0.4, 0.5) is 0 Å².